The Labute approximate surface area is 96.0 Å². The molecule has 5 nitrogen and oxygen atoms in total. The summed E-state index contributed by atoms with van der Waals surface area (Å²) in [5, 5.41) is 7.09. The minimum Gasteiger partial charge on any atom is -0.351 e. The summed E-state index contributed by atoms with van der Waals surface area (Å²) in [5.41, 5.74) is 6.93. The largest absolute Gasteiger partial charge is 0.351 e. The first kappa shape index (κ1) is 12.7. The average Bonchev–Trinajstić information content (AvgIpc) is 2.66. The molecule has 0 unspecified atom stereocenters. The Morgan fingerprint density at radius 3 is 2.88 bits per heavy atom. The number of hydrogen-bond acceptors (Lipinski definition) is 3. The Balaban J connectivity index is 2.49. The number of rotatable bonds is 6. The van der Waals surface area contributed by atoms with E-state index in [9.17, 15) is 4.79 Å². The van der Waals surface area contributed by atoms with E-state index in [1.165, 1.54) is 0 Å². The Bertz CT molecular complexity index is 346. The van der Waals surface area contributed by atoms with Gasteiger partial charge in [0.25, 0.3) is 5.91 Å². The fourth-order valence-corrected chi connectivity index (χ4v) is 1.47. The van der Waals surface area contributed by atoms with Gasteiger partial charge in [-0.05, 0) is 31.9 Å². The summed E-state index contributed by atoms with van der Waals surface area (Å²) in [7, 11) is 1.79. The number of nitrogens with zero attached hydrogens (tertiary/aromatic N) is 2. The van der Waals surface area contributed by atoms with Crippen LogP contribution in [0.25, 0.3) is 0 Å². The van der Waals surface area contributed by atoms with Crippen molar-refractivity contribution in [1.82, 2.24) is 15.1 Å². The van der Waals surface area contributed by atoms with Crippen LogP contribution in [0.5, 0.6) is 0 Å². The third-order valence-corrected chi connectivity index (χ3v) is 2.44. The minimum absolute atomic E-state index is 0.0632. The maximum absolute atomic E-state index is 11.8. The molecule has 0 saturated heterocycles. The molecule has 0 spiro atoms. The lowest BCUT2D eigenvalue weighted by Crippen LogP contribution is -2.26. The van der Waals surface area contributed by atoms with Crippen molar-refractivity contribution in [2.75, 3.05) is 13.1 Å². The highest BCUT2D eigenvalue weighted by Crippen LogP contribution is 2.03. The molecule has 0 fully saturated rings. The lowest BCUT2D eigenvalue weighted by Gasteiger charge is -2.04. The number of carbonyl (C=O) groups excluding carboxylic acids is 1. The van der Waals surface area contributed by atoms with Crippen molar-refractivity contribution >= 4 is 5.91 Å². The molecule has 0 atom stereocenters. The molecule has 0 saturated carbocycles. The SMILES string of the molecule is CCc1cc(C(=O)NCCCCN)n(C)n1. The predicted molar refractivity (Wildman–Crippen MR) is 63.2 cm³/mol. The maximum Gasteiger partial charge on any atom is 0.269 e. The van der Waals surface area contributed by atoms with Crippen LogP contribution in [0.4, 0.5) is 0 Å². The monoisotopic (exact) mass is 224 g/mol. The van der Waals surface area contributed by atoms with Crippen LogP contribution < -0.4 is 11.1 Å². The molecular weight excluding hydrogens is 204 g/mol. The molecule has 0 aliphatic heterocycles. The summed E-state index contributed by atoms with van der Waals surface area (Å²) in [5.74, 6) is -0.0632. The van der Waals surface area contributed by atoms with Gasteiger partial charge in [-0.25, -0.2) is 0 Å². The molecule has 1 aromatic rings. The molecule has 1 rings (SSSR count). The van der Waals surface area contributed by atoms with Gasteiger partial charge in [0.05, 0.1) is 5.69 Å². The summed E-state index contributed by atoms with van der Waals surface area (Å²) < 4.78 is 1.62. The van der Waals surface area contributed by atoms with Crippen LogP contribution in [0.2, 0.25) is 0 Å². The van der Waals surface area contributed by atoms with E-state index in [1.54, 1.807) is 11.7 Å². The van der Waals surface area contributed by atoms with Crippen molar-refractivity contribution in [2.45, 2.75) is 26.2 Å². The lowest BCUT2D eigenvalue weighted by atomic mass is 10.3. The van der Waals surface area contributed by atoms with E-state index in [0.717, 1.165) is 25.0 Å². The van der Waals surface area contributed by atoms with Crippen LogP contribution in [-0.2, 0) is 13.5 Å². The molecule has 0 aliphatic carbocycles. The summed E-state index contributed by atoms with van der Waals surface area (Å²) in [6.07, 6.45) is 2.70. The number of aryl methyl sites for hydroxylation is 2. The summed E-state index contributed by atoms with van der Waals surface area (Å²) in [4.78, 5) is 11.8. The molecule has 1 heterocycles. The zero-order valence-electron chi connectivity index (χ0n) is 9.99. The molecule has 0 radical (unpaired) electrons. The second kappa shape index (κ2) is 6.27. The standard InChI is InChI=1S/C11H20N4O/c1-3-9-8-10(15(2)14-9)11(16)13-7-5-4-6-12/h8H,3-7,12H2,1-2H3,(H,13,16). The van der Waals surface area contributed by atoms with Gasteiger partial charge >= 0.3 is 0 Å². The molecular formula is C11H20N4O. The van der Waals surface area contributed by atoms with E-state index in [0.29, 0.717) is 18.8 Å². The number of carbonyl (C=O) groups is 1. The van der Waals surface area contributed by atoms with Gasteiger partial charge in [-0.3, -0.25) is 9.48 Å². The van der Waals surface area contributed by atoms with Crippen LogP contribution >= 0.6 is 0 Å². The summed E-state index contributed by atoms with van der Waals surface area (Å²) >= 11 is 0. The van der Waals surface area contributed by atoms with Gasteiger partial charge in [-0.2, -0.15) is 5.10 Å². The van der Waals surface area contributed by atoms with E-state index in [4.69, 9.17) is 5.73 Å². The molecule has 0 bridgehead atoms. The minimum atomic E-state index is -0.0632. The number of aromatic nitrogens is 2. The first-order valence-corrected chi connectivity index (χ1v) is 5.70. The third-order valence-electron chi connectivity index (χ3n) is 2.44. The first-order chi connectivity index (χ1) is 7.69. The van der Waals surface area contributed by atoms with Crippen LogP contribution in [0.1, 0.15) is 35.9 Å². The van der Waals surface area contributed by atoms with E-state index >= 15 is 0 Å². The Kier molecular flexibility index (Phi) is 4.98. The van der Waals surface area contributed by atoms with Crippen LogP contribution in [-0.4, -0.2) is 28.8 Å². The fraction of sp³-hybridized carbons (Fsp3) is 0.636. The molecule has 16 heavy (non-hydrogen) atoms. The molecule has 5 heteroatoms. The number of nitrogens with two attached hydrogens (primary N) is 1. The highest BCUT2D eigenvalue weighted by atomic mass is 16.2. The van der Waals surface area contributed by atoms with Gasteiger partial charge in [0.1, 0.15) is 5.69 Å². The maximum atomic E-state index is 11.8. The zero-order chi connectivity index (χ0) is 12.0. The predicted octanol–water partition coefficient (Wildman–Crippen LogP) is 0.451. The number of amides is 1. The summed E-state index contributed by atoms with van der Waals surface area (Å²) in [6, 6.07) is 1.83. The number of nitrogens with one attached hydrogen (secondary N) is 1. The van der Waals surface area contributed by atoms with Crippen LogP contribution in [0.15, 0.2) is 6.07 Å². The number of hydrogen-bond donors (Lipinski definition) is 2. The molecule has 3 N–H and O–H groups in total. The van der Waals surface area contributed by atoms with Crippen LogP contribution in [0.3, 0.4) is 0 Å². The van der Waals surface area contributed by atoms with E-state index in [-0.39, 0.29) is 5.91 Å². The van der Waals surface area contributed by atoms with Crippen molar-refractivity contribution in [1.29, 1.82) is 0 Å². The van der Waals surface area contributed by atoms with Crippen molar-refractivity contribution in [2.24, 2.45) is 12.8 Å². The molecule has 1 aromatic heterocycles. The highest BCUT2D eigenvalue weighted by molar-refractivity contribution is 5.92. The highest BCUT2D eigenvalue weighted by Gasteiger charge is 2.11. The average molecular weight is 224 g/mol. The fourth-order valence-electron chi connectivity index (χ4n) is 1.47. The summed E-state index contributed by atoms with van der Waals surface area (Å²) in [6.45, 7) is 3.36. The van der Waals surface area contributed by atoms with Crippen molar-refractivity contribution in [3.63, 3.8) is 0 Å². The molecule has 0 aromatic carbocycles. The van der Waals surface area contributed by atoms with Gasteiger partial charge < -0.3 is 11.1 Å². The Morgan fingerprint density at radius 2 is 2.31 bits per heavy atom. The molecule has 0 aliphatic rings. The third kappa shape index (κ3) is 3.34. The topological polar surface area (TPSA) is 72.9 Å². The van der Waals surface area contributed by atoms with Crippen molar-refractivity contribution in [3.05, 3.63) is 17.5 Å². The first-order valence-electron chi connectivity index (χ1n) is 5.70. The second-order valence-corrected chi connectivity index (χ2v) is 3.75. The van der Waals surface area contributed by atoms with Crippen molar-refractivity contribution in [3.8, 4) is 0 Å². The molecule has 1 amide bonds. The smallest absolute Gasteiger partial charge is 0.269 e. The van der Waals surface area contributed by atoms with Gasteiger partial charge in [0.15, 0.2) is 0 Å². The normalized spacial score (nSPS) is 10.4. The Morgan fingerprint density at radius 1 is 1.56 bits per heavy atom. The van der Waals surface area contributed by atoms with Crippen molar-refractivity contribution < 1.29 is 4.79 Å². The van der Waals surface area contributed by atoms with Gasteiger partial charge in [-0.1, -0.05) is 6.92 Å². The van der Waals surface area contributed by atoms with Gasteiger partial charge in [-0.15, -0.1) is 0 Å². The van der Waals surface area contributed by atoms with E-state index in [2.05, 4.69) is 10.4 Å². The Hall–Kier alpha value is -1.36. The van der Waals surface area contributed by atoms with Crippen LogP contribution in [0, 0.1) is 0 Å². The number of unbranched alkanes of at least 4 members (excludes halogenated alkanes) is 1. The van der Waals surface area contributed by atoms with E-state index in [1.807, 2.05) is 13.0 Å². The zero-order valence-corrected chi connectivity index (χ0v) is 9.99. The van der Waals surface area contributed by atoms with Gasteiger partial charge in [0.2, 0.25) is 0 Å². The quantitative estimate of drug-likeness (QED) is 0.689. The lowest BCUT2D eigenvalue weighted by molar-refractivity contribution is 0.0943. The van der Waals surface area contributed by atoms with E-state index < -0.39 is 0 Å². The second-order valence-electron chi connectivity index (χ2n) is 3.75. The molecule has 90 valence electrons. The van der Waals surface area contributed by atoms with Gasteiger partial charge in [0, 0.05) is 13.6 Å².